The highest BCUT2D eigenvalue weighted by Crippen LogP contribution is 2.23. The first kappa shape index (κ1) is 23.7. The van der Waals surface area contributed by atoms with Crippen molar-refractivity contribution in [2.75, 3.05) is 0 Å². The van der Waals surface area contributed by atoms with Crippen LogP contribution in [0.1, 0.15) is 82.5 Å². The Bertz CT molecular complexity index is 778. The van der Waals surface area contributed by atoms with E-state index >= 15 is 0 Å². The third-order valence-electron chi connectivity index (χ3n) is 5.03. The summed E-state index contributed by atoms with van der Waals surface area (Å²) in [5, 5.41) is 0. The van der Waals surface area contributed by atoms with Gasteiger partial charge in [0.25, 0.3) is 0 Å². The molecule has 0 saturated carbocycles. The number of benzene rings is 2. The molecule has 30 heavy (non-hydrogen) atoms. The van der Waals surface area contributed by atoms with Crippen LogP contribution in [0.5, 0.6) is 5.75 Å². The maximum Gasteiger partial charge on any atom is 0.338 e. The van der Waals surface area contributed by atoms with Crippen molar-refractivity contribution < 1.29 is 19.1 Å². The SMILES string of the molecule is CCCCCCCC(=O)Oc1ccc(-c2ccc(C(=O)OC(C)CCC)cc2)cc1. The predicted octanol–water partition coefficient (Wildman–Crippen LogP) is 6.96. The van der Waals surface area contributed by atoms with E-state index in [0.717, 1.165) is 36.8 Å². The first-order valence-corrected chi connectivity index (χ1v) is 11.2. The minimum Gasteiger partial charge on any atom is -0.459 e. The quantitative estimate of drug-likeness (QED) is 0.215. The molecule has 0 N–H and O–H groups in total. The lowest BCUT2D eigenvalue weighted by atomic mass is 10.0. The van der Waals surface area contributed by atoms with Gasteiger partial charge < -0.3 is 9.47 Å². The van der Waals surface area contributed by atoms with E-state index in [2.05, 4.69) is 13.8 Å². The van der Waals surface area contributed by atoms with Crippen LogP contribution in [0.2, 0.25) is 0 Å². The molecule has 162 valence electrons. The van der Waals surface area contributed by atoms with E-state index in [0.29, 0.717) is 17.7 Å². The van der Waals surface area contributed by atoms with Crippen LogP contribution in [0.15, 0.2) is 48.5 Å². The highest BCUT2D eigenvalue weighted by Gasteiger charge is 2.12. The number of unbranched alkanes of at least 4 members (excludes halogenated alkanes) is 4. The van der Waals surface area contributed by atoms with Crippen molar-refractivity contribution in [1.82, 2.24) is 0 Å². The Hall–Kier alpha value is -2.62. The monoisotopic (exact) mass is 410 g/mol. The van der Waals surface area contributed by atoms with Crippen LogP contribution in [0.4, 0.5) is 0 Å². The van der Waals surface area contributed by atoms with Gasteiger partial charge in [-0.15, -0.1) is 0 Å². The summed E-state index contributed by atoms with van der Waals surface area (Å²) in [5.74, 6) is 0.0845. The van der Waals surface area contributed by atoms with Gasteiger partial charge >= 0.3 is 11.9 Å². The number of carbonyl (C=O) groups is 2. The molecule has 1 unspecified atom stereocenters. The second kappa shape index (κ2) is 12.8. The molecule has 0 aromatic heterocycles. The largest absolute Gasteiger partial charge is 0.459 e. The summed E-state index contributed by atoms with van der Waals surface area (Å²) in [7, 11) is 0. The lowest BCUT2D eigenvalue weighted by Gasteiger charge is -2.12. The molecule has 2 aromatic rings. The smallest absolute Gasteiger partial charge is 0.338 e. The minimum absolute atomic E-state index is 0.0752. The summed E-state index contributed by atoms with van der Waals surface area (Å²) in [4.78, 5) is 24.1. The summed E-state index contributed by atoms with van der Waals surface area (Å²) in [5.41, 5.74) is 2.53. The van der Waals surface area contributed by atoms with Gasteiger partial charge in [0.15, 0.2) is 0 Å². The fourth-order valence-electron chi connectivity index (χ4n) is 3.29. The van der Waals surface area contributed by atoms with Gasteiger partial charge in [-0.05, 0) is 55.2 Å². The first-order chi connectivity index (χ1) is 14.5. The summed E-state index contributed by atoms with van der Waals surface area (Å²) in [6.45, 7) is 6.16. The van der Waals surface area contributed by atoms with E-state index in [9.17, 15) is 9.59 Å². The van der Waals surface area contributed by atoms with Gasteiger partial charge in [0.2, 0.25) is 0 Å². The zero-order valence-corrected chi connectivity index (χ0v) is 18.5. The maximum absolute atomic E-state index is 12.2. The van der Waals surface area contributed by atoms with Crippen molar-refractivity contribution in [1.29, 1.82) is 0 Å². The number of hydrogen-bond acceptors (Lipinski definition) is 4. The molecule has 0 spiro atoms. The van der Waals surface area contributed by atoms with Crippen LogP contribution in [-0.2, 0) is 9.53 Å². The van der Waals surface area contributed by atoms with Crippen LogP contribution < -0.4 is 4.74 Å². The molecule has 0 heterocycles. The van der Waals surface area contributed by atoms with Crippen LogP contribution in [0, 0.1) is 0 Å². The van der Waals surface area contributed by atoms with Crippen LogP contribution in [0.3, 0.4) is 0 Å². The van der Waals surface area contributed by atoms with Gasteiger partial charge in [0, 0.05) is 6.42 Å². The molecule has 0 aliphatic heterocycles. The number of carbonyl (C=O) groups excluding carboxylic acids is 2. The maximum atomic E-state index is 12.2. The Balaban J connectivity index is 1.87. The van der Waals surface area contributed by atoms with Gasteiger partial charge in [-0.3, -0.25) is 4.79 Å². The molecule has 1 atom stereocenters. The standard InChI is InChI=1S/C26H34O4/c1-4-6-7-8-9-11-25(27)30-24-18-16-22(17-19-24)21-12-14-23(15-13-21)26(28)29-20(3)10-5-2/h12-20H,4-11H2,1-3H3. The number of rotatable bonds is 12. The normalized spacial score (nSPS) is 11.7. The topological polar surface area (TPSA) is 52.6 Å². The van der Waals surface area contributed by atoms with E-state index in [1.54, 1.807) is 24.3 Å². The Kier molecular flexibility index (Phi) is 10.1. The molecule has 4 nitrogen and oxygen atoms in total. The van der Waals surface area contributed by atoms with Crippen molar-refractivity contribution in [2.45, 2.75) is 78.2 Å². The molecule has 0 aliphatic rings. The van der Waals surface area contributed by atoms with E-state index in [1.807, 2.05) is 31.2 Å². The summed E-state index contributed by atoms with van der Waals surface area (Å²) < 4.78 is 10.9. The van der Waals surface area contributed by atoms with Crippen molar-refractivity contribution in [3.63, 3.8) is 0 Å². The van der Waals surface area contributed by atoms with E-state index < -0.39 is 0 Å². The molecule has 0 bridgehead atoms. The zero-order valence-electron chi connectivity index (χ0n) is 18.5. The van der Waals surface area contributed by atoms with Gasteiger partial charge in [-0.25, -0.2) is 4.79 Å². The molecule has 0 saturated heterocycles. The predicted molar refractivity (Wildman–Crippen MR) is 121 cm³/mol. The summed E-state index contributed by atoms with van der Waals surface area (Å²) >= 11 is 0. The molecule has 2 rings (SSSR count). The van der Waals surface area contributed by atoms with E-state index in [4.69, 9.17) is 9.47 Å². The third kappa shape index (κ3) is 8.02. The highest BCUT2D eigenvalue weighted by atomic mass is 16.5. The number of esters is 2. The molecule has 0 aliphatic carbocycles. The average Bonchev–Trinajstić information content (AvgIpc) is 2.74. The lowest BCUT2D eigenvalue weighted by molar-refractivity contribution is -0.134. The van der Waals surface area contributed by atoms with Gasteiger partial charge in [0.05, 0.1) is 11.7 Å². The van der Waals surface area contributed by atoms with Crippen molar-refractivity contribution in [3.05, 3.63) is 54.1 Å². The fourth-order valence-corrected chi connectivity index (χ4v) is 3.29. The number of hydrogen-bond donors (Lipinski definition) is 0. The lowest BCUT2D eigenvalue weighted by Crippen LogP contribution is -2.14. The van der Waals surface area contributed by atoms with Crippen LogP contribution in [0.25, 0.3) is 11.1 Å². The molecule has 2 aromatic carbocycles. The van der Waals surface area contributed by atoms with Gasteiger partial charge in [0.1, 0.15) is 5.75 Å². The van der Waals surface area contributed by atoms with Crippen molar-refractivity contribution >= 4 is 11.9 Å². The minimum atomic E-state index is -0.292. The Morgan fingerprint density at radius 3 is 2.00 bits per heavy atom. The Morgan fingerprint density at radius 2 is 1.40 bits per heavy atom. The molecule has 4 heteroatoms. The zero-order chi connectivity index (χ0) is 21.8. The Morgan fingerprint density at radius 1 is 0.800 bits per heavy atom. The van der Waals surface area contributed by atoms with Gasteiger partial charge in [-0.1, -0.05) is 70.2 Å². The molecule has 0 fully saturated rings. The first-order valence-electron chi connectivity index (χ1n) is 11.2. The number of ether oxygens (including phenoxy) is 2. The van der Waals surface area contributed by atoms with Crippen molar-refractivity contribution in [3.8, 4) is 16.9 Å². The van der Waals surface area contributed by atoms with E-state index in [1.165, 1.54) is 19.3 Å². The molecular weight excluding hydrogens is 376 g/mol. The second-order valence-electron chi connectivity index (χ2n) is 7.74. The summed E-state index contributed by atoms with van der Waals surface area (Å²) in [6, 6.07) is 14.8. The third-order valence-corrected chi connectivity index (χ3v) is 5.03. The summed E-state index contributed by atoms with van der Waals surface area (Å²) in [6.07, 6.45) is 7.77. The van der Waals surface area contributed by atoms with Crippen molar-refractivity contribution in [2.24, 2.45) is 0 Å². The van der Waals surface area contributed by atoms with Crippen LogP contribution in [-0.4, -0.2) is 18.0 Å². The Labute approximate surface area is 180 Å². The fraction of sp³-hybridized carbons (Fsp3) is 0.462. The molecule has 0 amide bonds. The van der Waals surface area contributed by atoms with Gasteiger partial charge in [-0.2, -0.15) is 0 Å². The molecular formula is C26H34O4. The average molecular weight is 411 g/mol. The highest BCUT2D eigenvalue weighted by molar-refractivity contribution is 5.90. The molecule has 0 radical (unpaired) electrons. The van der Waals surface area contributed by atoms with E-state index in [-0.39, 0.29) is 18.0 Å². The second-order valence-corrected chi connectivity index (χ2v) is 7.74. The van der Waals surface area contributed by atoms with Crippen LogP contribution >= 0.6 is 0 Å².